The minimum absolute atomic E-state index is 0.0287. The molecular formula is C39H38O19. The van der Waals surface area contributed by atoms with Crippen LogP contribution in [-0.4, -0.2) is 61.0 Å². The third-order valence-corrected chi connectivity index (χ3v) is 7.36. The molecule has 0 aliphatic carbocycles. The van der Waals surface area contributed by atoms with Crippen LogP contribution in [0.3, 0.4) is 0 Å². The molecule has 3 aromatic carbocycles. The maximum absolute atomic E-state index is 12.2. The van der Waals surface area contributed by atoms with Crippen molar-refractivity contribution in [3.63, 3.8) is 0 Å². The van der Waals surface area contributed by atoms with E-state index in [0.29, 0.717) is 0 Å². The molecule has 1 aliphatic rings. The quantitative estimate of drug-likeness (QED) is 0.131. The molecule has 4 rings (SSSR count). The van der Waals surface area contributed by atoms with Crippen LogP contribution in [0.25, 0.3) is 0 Å². The smallest absolute Gasteiger partial charge is 0.308 e. The number of fused-ring (bicyclic) bond motifs is 1. The standard InChI is InChI=1S/C39H38O19/c1-17(40)49-27-14-29(50-18(2)41)28-16-35(58-39(48-9)26-12-33(53-21(5)44)38(56-24(8)47)34(13-26)54-22(6)45)36(57-30(28)15-27)25-10-31(51-19(3)42)37(55-23(7)46)32(11-25)52-20(4)43/h10-15,35-36,39H,16H2,1-9H3. The Morgan fingerprint density at radius 1 is 0.517 bits per heavy atom. The highest BCUT2D eigenvalue weighted by atomic mass is 16.7. The Hall–Kier alpha value is -6.86. The van der Waals surface area contributed by atoms with E-state index in [9.17, 15) is 38.4 Å². The van der Waals surface area contributed by atoms with Crippen molar-refractivity contribution in [3.8, 4) is 51.7 Å². The van der Waals surface area contributed by atoms with Crippen LogP contribution in [0.5, 0.6) is 51.7 Å². The molecule has 0 fully saturated rings. The summed E-state index contributed by atoms with van der Waals surface area (Å²) in [5, 5.41) is 0. The molecule has 19 nitrogen and oxygen atoms in total. The summed E-state index contributed by atoms with van der Waals surface area (Å²) in [6.07, 6.45) is -4.14. The molecule has 0 N–H and O–H groups in total. The summed E-state index contributed by atoms with van der Waals surface area (Å²) in [5.41, 5.74) is 0.380. The Morgan fingerprint density at radius 3 is 1.31 bits per heavy atom. The fourth-order valence-electron chi connectivity index (χ4n) is 5.63. The molecule has 0 saturated carbocycles. The monoisotopic (exact) mass is 810 g/mol. The Kier molecular flexibility index (Phi) is 14.3. The number of hydrogen-bond acceptors (Lipinski definition) is 19. The van der Waals surface area contributed by atoms with Crippen molar-refractivity contribution >= 4 is 47.8 Å². The van der Waals surface area contributed by atoms with E-state index in [4.69, 9.17) is 52.1 Å². The summed E-state index contributed by atoms with van der Waals surface area (Å²) < 4.78 is 61.3. The predicted octanol–water partition coefficient (Wildman–Crippen LogP) is 4.50. The van der Waals surface area contributed by atoms with Crippen molar-refractivity contribution in [1.82, 2.24) is 0 Å². The number of hydrogen-bond donors (Lipinski definition) is 0. The maximum Gasteiger partial charge on any atom is 0.308 e. The van der Waals surface area contributed by atoms with Gasteiger partial charge in [-0.25, -0.2) is 0 Å². The second kappa shape index (κ2) is 18.9. The highest BCUT2D eigenvalue weighted by molar-refractivity contribution is 5.79. The molecule has 0 aromatic heterocycles. The number of carbonyl (C=O) groups excluding carboxylic acids is 8. The van der Waals surface area contributed by atoms with Crippen LogP contribution >= 0.6 is 0 Å². The van der Waals surface area contributed by atoms with Crippen molar-refractivity contribution < 1.29 is 90.5 Å². The Balaban J connectivity index is 1.99. The van der Waals surface area contributed by atoms with Gasteiger partial charge in [-0.2, -0.15) is 0 Å². The zero-order chi connectivity index (χ0) is 43.0. The van der Waals surface area contributed by atoms with E-state index in [2.05, 4.69) is 0 Å². The second-order valence-electron chi connectivity index (χ2n) is 12.3. The van der Waals surface area contributed by atoms with Crippen LogP contribution in [0.1, 0.15) is 84.5 Å². The zero-order valence-electron chi connectivity index (χ0n) is 32.7. The van der Waals surface area contributed by atoms with E-state index in [-0.39, 0.29) is 63.4 Å². The molecule has 1 aliphatic heterocycles. The van der Waals surface area contributed by atoms with Gasteiger partial charge in [-0.1, -0.05) is 0 Å². The van der Waals surface area contributed by atoms with Gasteiger partial charge in [0.1, 0.15) is 23.4 Å². The summed E-state index contributed by atoms with van der Waals surface area (Å²) in [6, 6.07) is 7.61. The first kappa shape index (κ1) is 43.9. The van der Waals surface area contributed by atoms with E-state index >= 15 is 0 Å². The van der Waals surface area contributed by atoms with Gasteiger partial charge in [-0.3, -0.25) is 38.4 Å². The molecule has 3 atom stereocenters. The minimum Gasteiger partial charge on any atom is -0.482 e. The molecule has 0 bridgehead atoms. The van der Waals surface area contributed by atoms with Crippen LogP contribution in [-0.2, 0) is 54.3 Å². The zero-order valence-corrected chi connectivity index (χ0v) is 32.7. The number of methoxy groups -OCH3 is 1. The molecule has 19 heteroatoms. The van der Waals surface area contributed by atoms with E-state index in [1.165, 1.54) is 43.5 Å². The summed E-state index contributed by atoms with van der Waals surface area (Å²) >= 11 is 0. The van der Waals surface area contributed by atoms with Crippen LogP contribution in [0.15, 0.2) is 36.4 Å². The van der Waals surface area contributed by atoms with E-state index in [0.717, 1.165) is 55.4 Å². The maximum atomic E-state index is 12.2. The molecule has 3 aromatic rings. The number of carbonyl (C=O) groups is 8. The van der Waals surface area contributed by atoms with Crippen LogP contribution < -0.4 is 42.6 Å². The normalized spacial score (nSPS) is 14.6. The van der Waals surface area contributed by atoms with Gasteiger partial charge in [0.15, 0.2) is 35.4 Å². The highest BCUT2D eigenvalue weighted by Gasteiger charge is 2.39. The van der Waals surface area contributed by atoms with Gasteiger partial charge in [0.25, 0.3) is 0 Å². The average Bonchev–Trinajstić information content (AvgIpc) is 3.07. The average molecular weight is 811 g/mol. The summed E-state index contributed by atoms with van der Waals surface area (Å²) in [5.74, 6) is -8.83. The predicted molar refractivity (Wildman–Crippen MR) is 191 cm³/mol. The minimum atomic E-state index is -1.45. The number of ether oxygens (including phenoxy) is 11. The number of benzene rings is 3. The van der Waals surface area contributed by atoms with Crippen LogP contribution in [0, 0.1) is 0 Å². The largest absolute Gasteiger partial charge is 0.482 e. The Morgan fingerprint density at radius 2 is 0.914 bits per heavy atom. The lowest BCUT2D eigenvalue weighted by molar-refractivity contribution is -0.185. The molecule has 3 unspecified atom stereocenters. The number of rotatable bonds is 13. The molecular weight excluding hydrogens is 772 g/mol. The summed E-state index contributed by atoms with van der Waals surface area (Å²) in [4.78, 5) is 97.0. The van der Waals surface area contributed by atoms with Crippen LogP contribution in [0.2, 0.25) is 0 Å². The van der Waals surface area contributed by atoms with Gasteiger partial charge in [-0.05, 0) is 24.3 Å². The first-order valence-electron chi connectivity index (χ1n) is 17.1. The SMILES string of the molecule is COC(OC1Cc2c(OC(C)=O)cc(OC(C)=O)cc2OC1c1cc(OC(C)=O)c(OC(C)=O)c(OC(C)=O)c1)c1cc(OC(C)=O)c(OC(C)=O)c(OC(C)=O)c1. The Bertz CT molecular complexity index is 2100. The van der Waals surface area contributed by atoms with Gasteiger partial charge >= 0.3 is 47.8 Å². The van der Waals surface area contributed by atoms with Gasteiger partial charge in [-0.15, -0.1) is 0 Å². The lowest BCUT2D eigenvalue weighted by Gasteiger charge is -2.36. The van der Waals surface area contributed by atoms with Gasteiger partial charge in [0, 0.05) is 97.7 Å². The molecule has 1 heterocycles. The summed E-state index contributed by atoms with van der Waals surface area (Å²) in [7, 11) is 1.25. The Labute approximate surface area is 330 Å². The van der Waals surface area contributed by atoms with E-state index < -0.39 is 77.8 Å². The fourth-order valence-corrected chi connectivity index (χ4v) is 5.63. The first-order valence-corrected chi connectivity index (χ1v) is 17.1. The lowest BCUT2D eigenvalue weighted by atomic mass is 9.93. The van der Waals surface area contributed by atoms with Crippen LogP contribution in [0.4, 0.5) is 0 Å². The third kappa shape index (κ3) is 11.6. The van der Waals surface area contributed by atoms with Crippen molar-refractivity contribution in [3.05, 3.63) is 53.1 Å². The highest BCUT2D eigenvalue weighted by Crippen LogP contribution is 2.49. The molecule has 0 saturated heterocycles. The van der Waals surface area contributed by atoms with Gasteiger partial charge < -0.3 is 52.1 Å². The van der Waals surface area contributed by atoms with Crippen molar-refractivity contribution in [2.45, 2.75) is 80.3 Å². The second-order valence-corrected chi connectivity index (χ2v) is 12.3. The molecule has 58 heavy (non-hydrogen) atoms. The first-order chi connectivity index (χ1) is 27.2. The van der Waals surface area contributed by atoms with Gasteiger partial charge in [0.05, 0.1) is 0 Å². The van der Waals surface area contributed by atoms with Crippen molar-refractivity contribution in [1.29, 1.82) is 0 Å². The fraction of sp³-hybridized carbons (Fsp3) is 0.333. The van der Waals surface area contributed by atoms with Crippen molar-refractivity contribution in [2.24, 2.45) is 0 Å². The molecule has 308 valence electrons. The van der Waals surface area contributed by atoms with Crippen molar-refractivity contribution in [2.75, 3.05) is 7.11 Å². The van der Waals surface area contributed by atoms with Gasteiger partial charge in [0.2, 0.25) is 11.5 Å². The molecule has 0 amide bonds. The summed E-state index contributed by atoms with van der Waals surface area (Å²) in [6.45, 7) is 8.75. The topological polar surface area (TPSA) is 238 Å². The number of esters is 8. The molecule has 0 radical (unpaired) electrons. The lowest BCUT2D eigenvalue weighted by Crippen LogP contribution is -2.35. The van der Waals surface area contributed by atoms with E-state index in [1.807, 2.05) is 0 Å². The van der Waals surface area contributed by atoms with E-state index in [1.54, 1.807) is 0 Å². The third-order valence-electron chi connectivity index (χ3n) is 7.36. The molecule has 0 spiro atoms.